The van der Waals surface area contributed by atoms with E-state index < -0.39 is 0 Å². The molecule has 0 aromatic carbocycles. The van der Waals surface area contributed by atoms with Gasteiger partial charge in [-0.3, -0.25) is 4.90 Å². The molecule has 0 aliphatic carbocycles. The van der Waals surface area contributed by atoms with E-state index in [2.05, 4.69) is 37.9 Å². The fourth-order valence-electron chi connectivity index (χ4n) is 2.25. The molecule has 0 fully saturated rings. The van der Waals surface area contributed by atoms with E-state index in [1.54, 1.807) is 0 Å². The molecule has 0 heterocycles. The predicted molar refractivity (Wildman–Crippen MR) is 81.5 cm³/mol. The molecule has 116 valence electrons. The average molecular weight is 274 g/mol. The number of ether oxygens (including phenoxy) is 2. The van der Waals surface area contributed by atoms with Crippen LogP contribution in [0.4, 0.5) is 0 Å². The lowest BCUT2D eigenvalue weighted by atomic mass is 10.2. The molecular weight excluding hydrogens is 240 g/mol. The van der Waals surface area contributed by atoms with Crippen LogP contribution in [-0.4, -0.2) is 56.1 Å². The van der Waals surface area contributed by atoms with Crippen LogP contribution in [0.5, 0.6) is 0 Å². The van der Waals surface area contributed by atoms with Gasteiger partial charge in [-0.25, -0.2) is 0 Å². The first-order valence-electron chi connectivity index (χ1n) is 7.72. The molecule has 1 N–H and O–H groups in total. The number of nitrogens with one attached hydrogen (secondary N) is 1. The molecule has 0 spiro atoms. The maximum absolute atomic E-state index is 5.51. The molecule has 0 amide bonds. The van der Waals surface area contributed by atoms with Gasteiger partial charge in [-0.1, -0.05) is 0 Å². The van der Waals surface area contributed by atoms with Crippen molar-refractivity contribution in [2.45, 2.75) is 66.3 Å². The summed E-state index contributed by atoms with van der Waals surface area (Å²) in [5.74, 6) is 0. The normalized spacial score (nSPS) is 12.3. The molecule has 0 atom stereocenters. The van der Waals surface area contributed by atoms with Gasteiger partial charge < -0.3 is 14.8 Å². The zero-order chi connectivity index (χ0) is 14.7. The first kappa shape index (κ1) is 18.8. The van der Waals surface area contributed by atoms with E-state index in [1.165, 1.54) is 0 Å². The van der Waals surface area contributed by atoms with Gasteiger partial charge in [-0.05, 0) is 41.5 Å². The van der Waals surface area contributed by atoms with Crippen LogP contribution >= 0.6 is 0 Å². The summed E-state index contributed by atoms with van der Waals surface area (Å²) in [6.07, 6.45) is 0.846. The SMILES string of the molecule is CCOC(CCNCCN(C(C)C)C(C)C)OCC. The molecule has 0 rings (SSSR count). The molecule has 0 unspecified atom stereocenters. The van der Waals surface area contributed by atoms with Crippen molar-refractivity contribution in [2.75, 3.05) is 32.8 Å². The molecule has 0 bridgehead atoms. The summed E-state index contributed by atoms with van der Waals surface area (Å²) in [5, 5.41) is 3.47. The summed E-state index contributed by atoms with van der Waals surface area (Å²) >= 11 is 0. The molecule has 0 aliphatic heterocycles. The Kier molecular flexibility index (Phi) is 11.6. The molecule has 0 aromatic rings. The van der Waals surface area contributed by atoms with Crippen LogP contribution in [0.1, 0.15) is 48.0 Å². The molecule has 4 heteroatoms. The Morgan fingerprint density at radius 1 is 0.895 bits per heavy atom. The van der Waals surface area contributed by atoms with E-state index >= 15 is 0 Å². The van der Waals surface area contributed by atoms with Gasteiger partial charge in [0.05, 0.1) is 0 Å². The standard InChI is InChI=1S/C15H34N2O2/c1-7-18-15(19-8-2)9-10-16-11-12-17(13(3)4)14(5)6/h13-16H,7-12H2,1-6H3. The second-order valence-electron chi connectivity index (χ2n) is 5.30. The Morgan fingerprint density at radius 3 is 1.84 bits per heavy atom. The Hall–Kier alpha value is -0.160. The number of hydrogen-bond donors (Lipinski definition) is 1. The Bertz CT molecular complexity index is 185. The van der Waals surface area contributed by atoms with Crippen molar-refractivity contribution in [3.63, 3.8) is 0 Å². The largest absolute Gasteiger partial charge is 0.353 e. The summed E-state index contributed by atoms with van der Waals surface area (Å²) in [4.78, 5) is 2.50. The van der Waals surface area contributed by atoms with E-state index in [0.717, 1.165) is 26.1 Å². The summed E-state index contributed by atoms with van der Waals surface area (Å²) in [7, 11) is 0. The van der Waals surface area contributed by atoms with Gasteiger partial charge in [0, 0.05) is 51.4 Å². The van der Waals surface area contributed by atoms with E-state index in [1.807, 2.05) is 13.8 Å². The van der Waals surface area contributed by atoms with Crippen LogP contribution < -0.4 is 5.32 Å². The Morgan fingerprint density at radius 2 is 1.42 bits per heavy atom. The fraction of sp³-hybridized carbons (Fsp3) is 1.00. The molecule has 19 heavy (non-hydrogen) atoms. The minimum absolute atomic E-state index is 0.0613. The van der Waals surface area contributed by atoms with Crippen molar-refractivity contribution >= 4 is 0 Å². The van der Waals surface area contributed by atoms with Crippen LogP contribution in [0.25, 0.3) is 0 Å². The van der Waals surface area contributed by atoms with Gasteiger partial charge >= 0.3 is 0 Å². The van der Waals surface area contributed by atoms with E-state index in [4.69, 9.17) is 9.47 Å². The third kappa shape index (κ3) is 9.38. The quantitative estimate of drug-likeness (QED) is 0.438. The molecule has 0 aliphatic rings. The minimum atomic E-state index is -0.0613. The van der Waals surface area contributed by atoms with Crippen molar-refractivity contribution in [3.05, 3.63) is 0 Å². The predicted octanol–water partition coefficient (Wildman–Crippen LogP) is 2.48. The molecule has 0 aromatic heterocycles. The number of hydrogen-bond acceptors (Lipinski definition) is 4. The van der Waals surface area contributed by atoms with Gasteiger partial charge in [-0.2, -0.15) is 0 Å². The smallest absolute Gasteiger partial charge is 0.158 e. The number of rotatable bonds is 12. The van der Waals surface area contributed by atoms with Crippen molar-refractivity contribution in [1.29, 1.82) is 0 Å². The van der Waals surface area contributed by atoms with E-state index in [-0.39, 0.29) is 6.29 Å². The maximum atomic E-state index is 5.51. The van der Waals surface area contributed by atoms with Crippen molar-refractivity contribution < 1.29 is 9.47 Å². The topological polar surface area (TPSA) is 33.7 Å². The summed E-state index contributed by atoms with van der Waals surface area (Å²) < 4.78 is 11.0. The first-order chi connectivity index (χ1) is 9.02. The lowest BCUT2D eigenvalue weighted by Gasteiger charge is -2.30. The molecule has 0 saturated heterocycles. The van der Waals surface area contributed by atoms with Crippen molar-refractivity contribution in [3.8, 4) is 0 Å². The zero-order valence-electron chi connectivity index (χ0n) is 13.7. The molecule has 4 nitrogen and oxygen atoms in total. The average Bonchev–Trinajstić information content (AvgIpc) is 2.32. The zero-order valence-corrected chi connectivity index (χ0v) is 13.7. The molecule has 0 radical (unpaired) electrons. The van der Waals surface area contributed by atoms with Gasteiger partial charge in [-0.15, -0.1) is 0 Å². The highest BCUT2D eigenvalue weighted by atomic mass is 16.7. The third-order valence-corrected chi connectivity index (χ3v) is 3.14. The Labute approximate surface area is 119 Å². The van der Waals surface area contributed by atoms with Gasteiger partial charge in [0.25, 0.3) is 0 Å². The second kappa shape index (κ2) is 11.6. The van der Waals surface area contributed by atoms with Gasteiger partial charge in [0.1, 0.15) is 0 Å². The van der Waals surface area contributed by atoms with Gasteiger partial charge in [0.2, 0.25) is 0 Å². The summed E-state index contributed by atoms with van der Waals surface area (Å²) in [5.41, 5.74) is 0. The summed E-state index contributed by atoms with van der Waals surface area (Å²) in [6.45, 7) is 17.5. The summed E-state index contributed by atoms with van der Waals surface area (Å²) in [6, 6.07) is 1.20. The maximum Gasteiger partial charge on any atom is 0.158 e. The minimum Gasteiger partial charge on any atom is -0.353 e. The van der Waals surface area contributed by atoms with Crippen LogP contribution in [0, 0.1) is 0 Å². The van der Waals surface area contributed by atoms with Crippen LogP contribution in [0.2, 0.25) is 0 Å². The monoisotopic (exact) mass is 274 g/mol. The second-order valence-corrected chi connectivity index (χ2v) is 5.30. The highest BCUT2D eigenvalue weighted by molar-refractivity contribution is 4.68. The van der Waals surface area contributed by atoms with Crippen molar-refractivity contribution in [1.82, 2.24) is 10.2 Å². The van der Waals surface area contributed by atoms with Crippen LogP contribution in [0.3, 0.4) is 0 Å². The van der Waals surface area contributed by atoms with Gasteiger partial charge in [0.15, 0.2) is 6.29 Å². The lowest BCUT2D eigenvalue weighted by Crippen LogP contribution is -2.41. The Balaban J connectivity index is 3.72. The molecule has 0 saturated carbocycles. The van der Waals surface area contributed by atoms with E-state index in [9.17, 15) is 0 Å². The van der Waals surface area contributed by atoms with Crippen LogP contribution in [0.15, 0.2) is 0 Å². The van der Waals surface area contributed by atoms with Crippen LogP contribution in [-0.2, 0) is 9.47 Å². The van der Waals surface area contributed by atoms with Crippen molar-refractivity contribution in [2.24, 2.45) is 0 Å². The first-order valence-corrected chi connectivity index (χ1v) is 7.72. The highest BCUT2D eigenvalue weighted by Crippen LogP contribution is 2.03. The fourth-order valence-corrected chi connectivity index (χ4v) is 2.25. The number of nitrogens with zero attached hydrogens (tertiary/aromatic N) is 1. The lowest BCUT2D eigenvalue weighted by molar-refractivity contribution is -0.138. The molecular formula is C15H34N2O2. The third-order valence-electron chi connectivity index (χ3n) is 3.14. The van der Waals surface area contributed by atoms with E-state index in [0.29, 0.717) is 25.3 Å². The highest BCUT2D eigenvalue weighted by Gasteiger charge is 2.12.